The summed E-state index contributed by atoms with van der Waals surface area (Å²) >= 11 is 0. The van der Waals surface area contributed by atoms with E-state index >= 15 is 0 Å². The summed E-state index contributed by atoms with van der Waals surface area (Å²) in [5.74, 6) is 2.39. The number of hydrogen-bond donors (Lipinski definition) is 3. The van der Waals surface area contributed by atoms with Crippen LogP contribution in [0.1, 0.15) is 19.8 Å². The zero-order chi connectivity index (χ0) is 17.2. The first-order chi connectivity index (χ1) is 12.2. The van der Waals surface area contributed by atoms with Gasteiger partial charge in [-0.15, -0.1) is 0 Å². The van der Waals surface area contributed by atoms with E-state index in [0.717, 1.165) is 47.7 Å². The second-order valence-corrected chi connectivity index (χ2v) is 7.04. The van der Waals surface area contributed by atoms with Crippen molar-refractivity contribution in [3.05, 3.63) is 36.7 Å². The van der Waals surface area contributed by atoms with Gasteiger partial charge >= 0.3 is 0 Å². The molecule has 0 bridgehead atoms. The van der Waals surface area contributed by atoms with E-state index in [-0.39, 0.29) is 5.91 Å². The quantitative estimate of drug-likeness (QED) is 0.799. The van der Waals surface area contributed by atoms with Gasteiger partial charge in [-0.05, 0) is 49.9 Å². The topological polar surface area (TPSA) is 78.9 Å². The SMILES string of the molecule is CC(=O)Nc1ccc(-c2cnc(NC3CC4CNC[C@H]4C3)cn2)cc1. The Bertz CT molecular complexity index is 731. The van der Waals surface area contributed by atoms with Crippen LogP contribution < -0.4 is 16.0 Å². The highest BCUT2D eigenvalue weighted by molar-refractivity contribution is 5.88. The molecule has 1 amide bonds. The monoisotopic (exact) mass is 337 g/mol. The van der Waals surface area contributed by atoms with Gasteiger partial charge in [0, 0.05) is 24.2 Å². The van der Waals surface area contributed by atoms with Crippen LogP contribution in [0.15, 0.2) is 36.7 Å². The van der Waals surface area contributed by atoms with Gasteiger partial charge in [0.25, 0.3) is 0 Å². The number of carbonyl (C=O) groups excluding carboxylic acids is 1. The molecule has 3 atom stereocenters. The van der Waals surface area contributed by atoms with Crippen LogP contribution in [0.2, 0.25) is 0 Å². The number of hydrogen-bond acceptors (Lipinski definition) is 5. The minimum absolute atomic E-state index is 0.0743. The Morgan fingerprint density at radius 2 is 1.80 bits per heavy atom. The zero-order valence-corrected chi connectivity index (χ0v) is 14.3. The minimum Gasteiger partial charge on any atom is -0.366 e. The predicted octanol–water partition coefficient (Wildman–Crippen LogP) is 2.51. The summed E-state index contributed by atoms with van der Waals surface area (Å²) in [6.07, 6.45) is 6.04. The molecule has 3 N–H and O–H groups in total. The largest absolute Gasteiger partial charge is 0.366 e. The van der Waals surface area contributed by atoms with Gasteiger partial charge in [0.2, 0.25) is 5.91 Å². The van der Waals surface area contributed by atoms with Crippen LogP contribution in [-0.2, 0) is 4.79 Å². The van der Waals surface area contributed by atoms with Crippen LogP contribution in [0, 0.1) is 11.8 Å². The molecule has 1 aliphatic carbocycles. The lowest BCUT2D eigenvalue weighted by atomic mass is 10.0. The third-order valence-corrected chi connectivity index (χ3v) is 5.16. The van der Waals surface area contributed by atoms with Crippen molar-refractivity contribution in [1.82, 2.24) is 15.3 Å². The number of nitrogens with zero attached hydrogens (tertiary/aromatic N) is 2. The molecule has 2 fully saturated rings. The number of rotatable bonds is 4. The molecule has 4 rings (SSSR count). The van der Waals surface area contributed by atoms with Crippen LogP contribution >= 0.6 is 0 Å². The van der Waals surface area contributed by atoms with Crippen LogP contribution in [0.4, 0.5) is 11.5 Å². The normalized spacial score (nSPS) is 24.8. The van der Waals surface area contributed by atoms with Crippen molar-refractivity contribution in [3.8, 4) is 11.3 Å². The average molecular weight is 337 g/mol. The number of nitrogens with one attached hydrogen (secondary N) is 3. The van der Waals surface area contributed by atoms with Gasteiger partial charge in [-0.1, -0.05) is 12.1 Å². The van der Waals surface area contributed by atoms with E-state index in [2.05, 4.69) is 25.9 Å². The number of carbonyl (C=O) groups is 1. The van der Waals surface area contributed by atoms with Gasteiger partial charge < -0.3 is 16.0 Å². The molecule has 2 aliphatic rings. The number of amides is 1. The second-order valence-electron chi connectivity index (χ2n) is 7.04. The van der Waals surface area contributed by atoms with Crippen molar-refractivity contribution >= 4 is 17.4 Å². The zero-order valence-electron chi connectivity index (χ0n) is 14.3. The smallest absolute Gasteiger partial charge is 0.221 e. The van der Waals surface area contributed by atoms with Crippen LogP contribution in [0.25, 0.3) is 11.3 Å². The molecule has 1 aromatic heterocycles. The standard InChI is InChI=1S/C19H23N5O/c1-12(25)23-16-4-2-13(3-5-16)18-10-22-19(11-21-18)24-17-6-14-8-20-9-15(14)7-17/h2-5,10-11,14-15,17,20H,6-9H2,1H3,(H,22,24)(H,23,25)/t14-,15?,17?/m1/s1. The third-order valence-electron chi connectivity index (χ3n) is 5.16. The number of anilines is 2. The van der Waals surface area contributed by atoms with Gasteiger partial charge in [0.15, 0.2) is 0 Å². The maximum absolute atomic E-state index is 11.1. The Morgan fingerprint density at radius 3 is 2.40 bits per heavy atom. The average Bonchev–Trinajstić information content (AvgIpc) is 3.17. The summed E-state index contributed by atoms with van der Waals surface area (Å²) in [6.45, 7) is 3.81. The molecule has 1 aromatic carbocycles. The number of fused-ring (bicyclic) bond motifs is 1. The highest BCUT2D eigenvalue weighted by Crippen LogP contribution is 2.35. The first kappa shape index (κ1) is 16.0. The molecule has 25 heavy (non-hydrogen) atoms. The summed E-state index contributed by atoms with van der Waals surface area (Å²) in [7, 11) is 0. The van der Waals surface area contributed by atoms with E-state index < -0.39 is 0 Å². The van der Waals surface area contributed by atoms with Gasteiger partial charge in [-0.25, -0.2) is 4.98 Å². The van der Waals surface area contributed by atoms with E-state index in [9.17, 15) is 4.79 Å². The van der Waals surface area contributed by atoms with Crippen molar-refractivity contribution in [2.75, 3.05) is 23.7 Å². The Balaban J connectivity index is 1.39. The molecule has 130 valence electrons. The van der Waals surface area contributed by atoms with E-state index in [4.69, 9.17) is 0 Å². The lowest BCUT2D eigenvalue weighted by Crippen LogP contribution is -2.21. The van der Waals surface area contributed by atoms with Gasteiger partial charge in [-0.3, -0.25) is 9.78 Å². The fourth-order valence-corrected chi connectivity index (χ4v) is 3.97. The lowest BCUT2D eigenvalue weighted by molar-refractivity contribution is -0.114. The Morgan fingerprint density at radius 1 is 1.08 bits per heavy atom. The van der Waals surface area contributed by atoms with Crippen molar-refractivity contribution in [2.45, 2.75) is 25.8 Å². The fraction of sp³-hybridized carbons (Fsp3) is 0.421. The van der Waals surface area contributed by atoms with Crippen molar-refractivity contribution in [3.63, 3.8) is 0 Å². The molecule has 1 saturated carbocycles. The Kier molecular flexibility index (Phi) is 4.36. The predicted molar refractivity (Wildman–Crippen MR) is 98.3 cm³/mol. The number of aromatic nitrogens is 2. The molecule has 1 saturated heterocycles. The van der Waals surface area contributed by atoms with Crippen LogP contribution in [0.3, 0.4) is 0 Å². The van der Waals surface area contributed by atoms with Gasteiger partial charge in [0.1, 0.15) is 5.82 Å². The highest BCUT2D eigenvalue weighted by Gasteiger charge is 2.37. The molecular formula is C19H23N5O. The molecule has 2 unspecified atom stereocenters. The molecule has 2 heterocycles. The number of benzene rings is 1. The van der Waals surface area contributed by atoms with E-state index in [1.807, 2.05) is 30.5 Å². The van der Waals surface area contributed by atoms with Crippen molar-refractivity contribution < 1.29 is 4.79 Å². The summed E-state index contributed by atoms with van der Waals surface area (Å²) in [5, 5.41) is 9.76. The third kappa shape index (κ3) is 3.64. The molecule has 6 heteroatoms. The fourth-order valence-electron chi connectivity index (χ4n) is 3.97. The lowest BCUT2D eigenvalue weighted by Gasteiger charge is -2.14. The van der Waals surface area contributed by atoms with Gasteiger partial charge in [-0.2, -0.15) is 0 Å². The van der Waals surface area contributed by atoms with E-state index in [1.54, 1.807) is 6.20 Å². The highest BCUT2D eigenvalue weighted by atomic mass is 16.1. The molecular weight excluding hydrogens is 314 g/mol. The summed E-state index contributed by atoms with van der Waals surface area (Å²) < 4.78 is 0. The summed E-state index contributed by atoms with van der Waals surface area (Å²) in [6, 6.07) is 8.13. The minimum atomic E-state index is -0.0743. The van der Waals surface area contributed by atoms with Gasteiger partial charge in [0.05, 0.1) is 18.1 Å². The molecule has 6 nitrogen and oxygen atoms in total. The van der Waals surface area contributed by atoms with Crippen LogP contribution in [-0.4, -0.2) is 35.0 Å². The second kappa shape index (κ2) is 6.80. The first-order valence-electron chi connectivity index (χ1n) is 8.85. The maximum atomic E-state index is 11.1. The molecule has 2 aromatic rings. The molecule has 0 radical (unpaired) electrons. The van der Waals surface area contributed by atoms with Crippen molar-refractivity contribution in [2.24, 2.45) is 11.8 Å². The summed E-state index contributed by atoms with van der Waals surface area (Å²) in [5.41, 5.74) is 2.59. The first-order valence-corrected chi connectivity index (χ1v) is 8.85. The van der Waals surface area contributed by atoms with Crippen molar-refractivity contribution in [1.29, 1.82) is 0 Å². The van der Waals surface area contributed by atoms with E-state index in [0.29, 0.717) is 6.04 Å². The molecule has 0 spiro atoms. The Hall–Kier alpha value is -2.47. The summed E-state index contributed by atoms with van der Waals surface area (Å²) in [4.78, 5) is 20.1. The van der Waals surface area contributed by atoms with Crippen LogP contribution in [0.5, 0.6) is 0 Å². The maximum Gasteiger partial charge on any atom is 0.221 e. The molecule has 1 aliphatic heterocycles. The Labute approximate surface area is 147 Å². The van der Waals surface area contributed by atoms with E-state index in [1.165, 1.54) is 19.8 Å².